The Kier molecular flexibility index (Phi) is 6.34. The topological polar surface area (TPSA) is 172 Å². The third kappa shape index (κ3) is 4.88. The van der Waals surface area contributed by atoms with Gasteiger partial charge >= 0.3 is 23.6 Å². The fraction of sp³-hybridized carbons (Fsp3) is 0.444. The van der Waals surface area contributed by atoms with Crippen LogP contribution < -0.4 is 11.2 Å². The van der Waals surface area contributed by atoms with Gasteiger partial charge in [-0.15, -0.1) is 0 Å². The fourth-order valence-corrected chi connectivity index (χ4v) is 3.20. The van der Waals surface area contributed by atoms with E-state index in [0.29, 0.717) is 0 Å². The highest BCUT2D eigenvalue weighted by Gasteiger charge is 2.51. The molecule has 1 aliphatic heterocycles. The van der Waals surface area contributed by atoms with Crippen molar-refractivity contribution in [2.75, 3.05) is 6.61 Å². The molecule has 2 unspecified atom stereocenters. The molecule has 0 spiro atoms. The number of carbonyl (C=O) groups excluding carboxylic acids is 3. The number of carbonyl (C=O) groups is 3. The Bertz CT molecular complexity index is 1090. The molecule has 2 aromatic heterocycles. The summed E-state index contributed by atoms with van der Waals surface area (Å²) in [4.78, 5) is 68.2. The second kappa shape index (κ2) is 8.95. The molecule has 31 heavy (non-hydrogen) atoms. The Morgan fingerprint density at radius 1 is 1.10 bits per heavy atom. The number of H-pyrrole nitrogens is 2. The number of hydrogen-bond donors (Lipinski definition) is 2. The van der Waals surface area contributed by atoms with Crippen LogP contribution in [-0.4, -0.2) is 62.3 Å². The van der Waals surface area contributed by atoms with Gasteiger partial charge in [0.05, 0.1) is 5.56 Å². The minimum Gasteiger partial charge on any atom is -0.463 e. The summed E-state index contributed by atoms with van der Waals surface area (Å²) in [5.41, 5.74) is -1.66. The van der Waals surface area contributed by atoms with Crippen molar-refractivity contribution in [1.82, 2.24) is 19.5 Å². The molecule has 4 atom stereocenters. The van der Waals surface area contributed by atoms with Crippen LogP contribution in [0, 0.1) is 0 Å². The van der Waals surface area contributed by atoms with Crippen LogP contribution in [0.1, 0.15) is 32.4 Å². The molecule has 13 heteroatoms. The van der Waals surface area contributed by atoms with E-state index in [1.807, 2.05) is 0 Å². The van der Waals surface area contributed by atoms with Gasteiger partial charge in [-0.05, 0) is 0 Å². The van der Waals surface area contributed by atoms with Gasteiger partial charge in [-0.1, -0.05) is 0 Å². The van der Waals surface area contributed by atoms with E-state index in [9.17, 15) is 24.0 Å². The Morgan fingerprint density at radius 2 is 1.77 bits per heavy atom. The van der Waals surface area contributed by atoms with Crippen molar-refractivity contribution in [2.45, 2.75) is 45.2 Å². The maximum atomic E-state index is 12.6. The van der Waals surface area contributed by atoms with Crippen LogP contribution in [0.15, 0.2) is 28.2 Å². The highest BCUT2D eigenvalue weighted by molar-refractivity contribution is 5.68. The summed E-state index contributed by atoms with van der Waals surface area (Å²) in [6.45, 7) is 3.14. The minimum atomic E-state index is -1.24. The summed E-state index contributed by atoms with van der Waals surface area (Å²) in [7, 11) is 0. The second-order valence-electron chi connectivity index (χ2n) is 6.67. The Hall–Kier alpha value is -3.74. The average Bonchev–Trinajstić information content (AvgIpc) is 3.29. The van der Waals surface area contributed by atoms with E-state index in [4.69, 9.17) is 18.9 Å². The van der Waals surface area contributed by atoms with Gasteiger partial charge in [-0.2, -0.15) is 0 Å². The van der Waals surface area contributed by atoms with Crippen molar-refractivity contribution < 1.29 is 33.3 Å². The predicted octanol–water partition coefficient (Wildman–Crippen LogP) is -0.885. The van der Waals surface area contributed by atoms with Crippen molar-refractivity contribution in [3.63, 3.8) is 0 Å². The fourth-order valence-electron chi connectivity index (χ4n) is 3.20. The number of ether oxygens (including phenoxy) is 4. The maximum absolute atomic E-state index is 12.6. The normalized spacial score (nSPS) is 22.7. The van der Waals surface area contributed by atoms with Crippen molar-refractivity contribution in [2.24, 2.45) is 0 Å². The number of esters is 3. The van der Waals surface area contributed by atoms with Gasteiger partial charge in [-0.3, -0.25) is 24.2 Å². The molecular weight excluding hydrogens is 416 g/mol. The molecule has 1 aliphatic rings. The summed E-state index contributed by atoms with van der Waals surface area (Å²) in [6.07, 6.45) is -0.622. The smallest absolute Gasteiger partial charge is 0.335 e. The Balaban J connectivity index is 2.06. The highest BCUT2D eigenvalue weighted by atomic mass is 16.6. The first-order valence-corrected chi connectivity index (χ1v) is 9.16. The van der Waals surface area contributed by atoms with Gasteiger partial charge in [0.25, 0.3) is 5.56 Å². The van der Waals surface area contributed by atoms with Crippen LogP contribution >= 0.6 is 0 Å². The summed E-state index contributed by atoms with van der Waals surface area (Å²) >= 11 is 0. The monoisotopic (exact) mass is 436 g/mol. The number of imidazole rings is 1. The van der Waals surface area contributed by atoms with Gasteiger partial charge in [-0.25, -0.2) is 14.3 Å². The molecule has 0 bridgehead atoms. The molecule has 0 saturated carbocycles. The molecule has 3 heterocycles. The molecule has 2 aromatic rings. The number of rotatable bonds is 6. The van der Waals surface area contributed by atoms with E-state index in [1.165, 1.54) is 25.5 Å². The van der Waals surface area contributed by atoms with E-state index in [1.54, 1.807) is 0 Å². The second-order valence-corrected chi connectivity index (χ2v) is 6.67. The van der Waals surface area contributed by atoms with E-state index in [0.717, 1.165) is 18.4 Å². The van der Waals surface area contributed by atoms with Gasteiger partial charge in [0.15, 0.2) is 12.2 Å². The predicted molar refractivity (Wildman–Crippen MR) is 100 cm³/mol. The molecular formula is C18H20N4O9. The lowest BCUT2D eigenvalue weighted by molar-refractivity contribution is -0.165. The van der Waals surface area contributed by atoms with Crippen molar-refractivity contribution in [3.8, 4) is 5.95 Å². The highest BCUT2D eigenvalue weighted by Crippen LogP contribution is 2.36. The average molecular weight is 436 g/mol. The molecule has 13 nitrogen and oxygen atoms in total. The Morgan fingerprint density at radius 3 is 2.35 bits per heavy atom. The molecule has 0 radical (unpaired) electrons. The molecule has 0 aliphatic carbocycles. The molecule has 2 N–H and O–H groups in total. The molecule has 1 fully saturated rings. The van der Waals surface area contributed by atoms with E-state index >= 15 is 0 Å². The minimum absolute atomic E-state index is 0.0928. The number of nitrogens with zero attached hydrogens (tertiary/aromatic N) is 2. The summed E-state index contributed by atoms with van der Waals surface area (Å²) in [6, 6.07) is 0. The van der Waals surface area contributed by atoms with Crippen LogP contribution in [-0.2, 0) is 33.3 Å². The first-order chi connectivity index (χ1) is 14.7. The van der Waals surface area contributed by atoms with Gasteiger partial charge in [0.1, 0.15) is 18.8 Å². The van der Waals surface area contributed by atoms with Crippen LogP contribution in [0.25, 0.3) is 5.95 Å². The van der Waals surface area contributed by atoms with E-state index < -0.39 is 53.6 Å². The number of nitrogens with one attached hydrogen (secondary N) is 2. The number of hydrogen-bond acceptors (Lipinski definition) is 10. The zero-order chi connectivity index (χ0) is 22.7. The van der Waals surface area contributed by atoms with Gasteiger partial charge in [0.2, 0.25) is 5.95 Å². The number of aromatic amines is 2. The molecule has 0 aromatic carbocycles. The summed E-state index contributed by atoms with van der Waals surface area (Å²) in [5, 5.41) is 0. The summed E-state index contributed by atoms with van der Waals surface area (Å²) in [5.74, 6) is -1.91. The lowest BCUT2D eigenvalue weighted by Crippen LogP contribution is -2.41. The van der Waals surface area contributed by atoms with E-state index in [-0.39, 0.29) is 18.1 Å². The van der Waals surface area contributed by atoms with Crippen LogP contribution in [0.4, 0.5) is 0 Å². The standard InChI is InChI=1S/C18H20N4O9/c1-8(23)28-7-12-14(29-9(2)24)15(30-10(3)25)13(31-12)11-6-22(17-19-4-5-20-17)18(27)21-16(11)26/h4-6,12-15H,7H2,1-3H3,(H,19,20)(H,21,26,27)/t12-,13+,14?,15?/m1/s1. The third-order valence-electron chi connectivity index (χ3n) is 4.35. The number of aromatic nitrogens is 4. The van der Waals surface area contributed by atoms with Crippen LogP contribution in [0.3, 0.4) is 0 Å². The summed E-state index contributed by atoms with van der Waals surface area (Å²) < 4.78 is 22.4. The van der Waals surface area contributed by atoms with Crippen LogP contribution in [0.2, 0.25) is 0 Å². The van der Waals surface area contributed by atoms with Crippen molar-refractivity contribution >= 4 is 17.9 Å². The van der Waals surface area contributed by atoms with Crippen molar-refractivity contribution in [3.05, 3.63) is 45.0 Å². The largest absolute Gasteiger partial charge is 0.463 e. The molecule has 3 rings (SSSR count). The molecule has 0 amide bonds. The SMILES string of the molecule is CC(=O)OC[C@H]1O[C@@H](c2cn(-c3ncc[nH]3)c(=O)[nH]c2=O)C(OC(C)=O)C1OC(C)=O. The lowest BCUT2D eigenvalue weighted by Gasteiger charge is -2.23. The molecule has 1 saturated heterocycles. The zero-order valence-corrected chi connectivity index (χ0v) is 16.8. The van der Waals surface area contributed by atoms with Crippen LogP contribution in [0.5, 0.6) is 0 Å². The van der Waals surface area contributed by atoms with Gasteiger partial charge < -0.3 is 23.9 Å². The first kappa shape index (κ1) is 22.0. The first-order valence-electron chi connectivity index (χ1n) is 9.16. The zero-order valence-electron chi connectivity index (χ0n) is 16.8. The quantitative estimate of drug-likeness (QED) is 0.428. The van der Waals surface area contributed by atoms with Gasteiger partial charge in [0, 0.05) is 39.4 Å². The maximum Gasteiger partial charge on any atom is 0.335 e. The third-order valence-corrected chi connectivity index (χ3v) is 4.35. The van der Waals surface area contributed by atoms with Crippen molar-refractivity contribution in [1.29, 1.82) is 0 Å². The lowest BCUT2D eigenvalue weighted by atomic mass is 10.0. The Labute approximate surface area is 174 Å². The van der Waals surface area contributed by atoms with E-state index in [2.05, 4.69) is 15.0 Å². The molecule has 166 valence electrons.